The van der Waals surface area contributed by atoms with Gasteiger partial charge in [-0.2, -0.15) is 4.98 Å². The third-order valence-electron chi connectivity index (χ3n) is 4.15. The average molecular weight is 327 g/mol. The molecular formula is C18H25N5O. The molecule has 4 N–H and O–H groups in total. The third kappa shape index (κ3) is 4.66. The van der Waals surface area contributed by atoms with Crippen LogP contribution in [0.25, 0.3) is 0 Å². The van der Waals surface area contributed by atoms with Crippen LogP contribution in [0.1, 0.15) is 30.0 Å². The lowest BCUT2D eigenvalue weighted by Gasteiger charge is -2.23. The number of rotatable bonds is 6. The minimum Gasteiger partial charge on any atom is -0.379 e. The monoisotopic (exact) mass is 327 g/mol. The molecule has 0 amide bonds. The van der Waals surface area contributed by atoms with Gasteiger partial charge < -0.3 is 21.1 Å². The fraction of sp³-hybridized carbons (Fsp3) is 0.444. The van der Waals surface area contributed by atoms with Crippen molar-refractivity contribution >= 4 is 11.8 Å². The Bertz CT molecular complexity index is 640. The van der Waals surface area contributed by atoms with Gasteiger partial charge in [-0.15, -0.1) is 0 Å². The standard InChI is InChI=1S/C18H25N5O/c1-13-4-6-14(7-5-13)16(19)11-21-18-20-9-8-17(23-18)22-15-3-2-10-24-12-15/h4-9,15-16H,2-3,10-12,19H2,1H3,(H2,20,21,22,23). The highest BCUT2D eigenvalue weighted by atomic mass is 16.5. The van der Waals surface area contributed by atoms with Gasteiger partial charge in [-0.1, -0.05) is 29.8 Å². The first-order valence-electron chi connectivity index (χ1n) is 8.44. The number of ether oxygens (including phenoxy) is 1. The number of nitrogens with one attached hydrogen (secondary N) is 2. The molecule has 1 aliphatic rings. The van der Waals surface area contributed by atoms with Crippen LogP contribution in [0.4, 0.5) is 11.8 Å². The normalized spacial score (nSPS) is 18.8. The van der Waals surface area contributed by atoms with Crippen LogP contribution < -0.4 is 16.4 Å². The predicted molar refractivity (Wildman–Crippen MR) is 96.1 cm³/mol. The summed E-state index contributed by atoms with van der Waals surface area (Å²) in [5.41, 5.74) is 8.56. The highest BCUT2D eigenvalue weighted by Crippen LogP contribution is 2.15. The van der Waals surface area contributed by atoms with Crippen molar-refractivity contribution < 1.29 is 4.74 Å². The van der Waals surface area contributed by atoms with Crippen molar-refractivity contribution in [3.05, 3.63) is 47.7 Å². The van der Waals surface area contributed by atoms with Gasteiger partial charge >= 0.3 is 0 Å². The Morgan fingerprint density at radius 3 is 2.88 bits per heavy atom. The Kier molecular flexibility index (Phi) is 5.61. The van der Waals surface area contributed by atoms with Crippen LogP contribution in [-0.4, -0.2) is 35.8 Å². The molecule has 0 radical (unpaired) electrons. The highest BCUT2D eigenvalue weighted by Gasteiger charge is 2.14. The summed E-state index contributed by atoms with van der Waals surface area (Å²) < 4.78 is 5.48. The molecule has 0 aliphatic carbocycles. The maximum absolute atomic E-state index is 6.23. The van der Waals surface area contributed by atoms with Gasteiger partial charge in [-0.25, -0.2) is 4.98 Å². The smallest absolute Gasteiger partial charge is 0.224 e. The molecular weight excluding hydrogens is 302 g/mol. The number of hydrogen-bond donors (Lipinski definition) is 3. The molecule has 0 bridgehead atoms. The van der Waals surface area contributed by atoms with Gasteiger partial charge in [-0.3, -0.25) is 0 Å². The molecule has 6 heteroatoms. The van der Waals surface area contributed by atoms with E-state index in [1.807, 2.05) is 6.07 Å². The summed E-state index contributed by atoms with van der Waals surface area (Å²) in [4.78, 5) is 8.77. The van der Waals surface area contributed by atoms with Crippen LogP contribution in [0.2, 0.25) is 0 Å². The number of anilines is 2. The van der Waals surface area contributed by atoms with E-state index in [4.69, 9.17) is 10.5 Å². The predicted octanol–water partition coefficient (Wildman–Crippen LogP) is 2.49. The number of hydrogen-bond acceptors (Lipinski definition) is 6. The Hall–Kier alpha value is -2.18. The fourth-order valence-electron chi connectivity index (χ4n) is 2.72. The van der Waals surface area contributed by atoms with Crippen LogP contribution in [0.5, 0.6) is 0 Å². The van der Waals surface area contributed by atoms with E-state index in [0.29, 0.717) is 18.5 Å². The average Bonchev–Trinajstić information content (AvgIpc) is 2.61. The van der Waals surface area contributed by atoms with Gasteiger partial charge in [0.1, 0.15) is 5.82 Å². The molecule has 3 rings (SSSR count). The molecule has 1 fully saturated rings. The molecule has 0 saturated carbocycles. The van der Waals surface area contributed by atoms with Crippen LogP contribution in [0.15, 0.2) is 36.5 Å². The first kappa shape index (κ1) is 16.7. The van der Waals surface area contributed by atoms with Gasteiger partial charge in [0.05, 0.1) is 12.6 Å². The van der Waals surface area contributed by atoms with Crippen LogP contribution in [0.3, 0.4) is 0 Å². The summed E-state index contributed by atoms with van der Waals surface area (Å²) in [6.07, 6.45) is 3.93. The lowest BCUT2D eigenvalue weighted by Crippen LogP contribution is -2.30. The molecule has 2 unspecified atom stereocenters. The first-order valence-corrected chi connectivity index (χ1v) is 8.44. The van der Waals surface area contributed by atoms with Crippen molar-refractivity contribution in [2.24, 2.45) is 5.73 Å². The summed E-state index contributed by atoms with van der Waals surface area (Å²) in [5.74, 6) is 1.39. The molecule has 1 saturated heterocycles. The van der Waals surface area contributed by atoms with Gasteiger partial charge in [0.2, 0.25) is 5.95 Å². The second kappa shape index (κ2) is 8.08. The Morgan fingerprint density at radius 1 is 1.29 bits per heavy atom. The van der Waals surface area contributed by atoms with E-state index < -0.39 is 0 Å². The van der Waals surface area contributed by atoms with Gasteiger partial charge in [-0.05, 0) is 31.4 Å². The zero-order chi connectivity index (χ0) is 16.8. The summed E-state index contributed by atoms with van der Waals surface area (Å²) in [6, 6.07) is 10.4. The van der Waals surface area contributed by atoms with Crippen molar-refractivity contribution in [1.29, 1.82) is 0 Å². The number of nitrogens with zero attached hydrogens (tertiary/aromatic N) is 2. The summed E-state index contributed by atoms with van der Waals surface area (Å²) in [6.45, 7) is 4.23. The Morgan fingerprint density at radius 2 is 2.12 bits per heavy atom. The molecule has 2 aromatic rings. The number of benzene rings is 1. The number of nitrogens with two attached hydrogens (primary N) is 1. The minimum atomic E-state index is -0.0995. The highest BCUT2D eigenvalue weighted by molar-refractivity contribution is 5.40. The lowest BCUT2D eigenvalue weighted by atomic mass is 10.1. The van der Waals surface area contributed by atoms with Crippen LogP contribution >= 0.6 is 0 Å². The molecule has 24 heavy (non-hydrogen) atoms. The summed E-state index contributed by atoms with van der Waals surface area (Å²) in [7, 11) is 0. The Labute approximate surface area is 142 Å². The van der Waals surface area contributed by atoms with E-state index in [-0.39, 0.29) is 6.04 Å². The maximum atomic E-state index is 6.23. The Balaban J connectivity index is 1.55. The van der Waals surface area contributed by atoms with Crippen molar-refractivity contribution in [2.75, 3.05) is 30.4 Å². The minimum absolute atomic E-state index is 0.0995. The van der Waals surface area contributed by atoms with Gasteiger partial charge in [0.25, 0.3) is 0 Å². The summed E-state index contributed by atoms with van der Waals surface area (Å²) >= 11 is 0. The van der Waals surface area contributed by atoms with E-state index in [2.05, 4.69) is 51.8 Å². The number of aromatic nitrogens is 2. The van der Waals surface area contributed by atoms with E-state index >= 15 is 0 Å². The molecule has 6 nitrogen and oxygen atoms in total. The number of aryl methyl sites for hydroxylation is 1. The molecule has 2 atom stereocenters. The van der Waals surface area contributed by atoms with Crippen molar-refractivity contribution in [3.63, 3.8) is 0 Å². The SMILES string of the molecule is Cc1ccc(C(N)CNc2nccc(NC3CCCOC3)n2)cc1. The quantitative estimate of drug-likeness (QED) is 0.756. The largest absolute Gasteiger partial charge is 0.379 e. The molecule has 2 heterocycles. The zero-order valence-electron chi connectivity index (χ0n) is 14.0. The zero-order valence-corrected chi connectivity index (χ0v) is 14.0. The molecule has 1 aromatic carbocycles. The van der Waals surface area contributed by atoms with Gasteiger partial charge in [0, 0.05) is 25.4 Å². The molecule has 0 spiro atoms. The van der Waals surface area contributed by atoms with Crippen LogP contribution in [0, 0.1) is 6.92 Å². The van der Waals surface area contributed by atoms with Crippen molar-refractivity contribution in [1.82, 2.24) is 9.97 Å². The topological polar surface area (TPSA) is 85.1 Å². The van der Waals surface area contributed by atoms with E-state index in [1.54, 1.807) is 6.20 Å². The second-order valence-corrected chi connectivity index (χ2v) is 6.22. The summed E-state index contributed by atoms with van der Waals surface area (Å²) in [5, 5.41) is 6.62. The fourth-order valence-corrected chi connectivity index (χ4v) is 2.72. The maximum Gasteiger partial charge on any atom is 0.224 e. The lowest BCUT2D eigenvalue weighted by molar-refractivity contribution is 0.0875. The van der Waals surface area contributed by atoms with Gasteiger partial charge in [0.15, 0.2) is 0 Å². The van der Waals surface area contributed by atoms with E-state index in [9.17, 15) is 0 Å². The third-order valence-corrected chi connectivity index (χ3v) is 4.15. The molecule has 128 valence electrons. The van der Waals surface area contributed by atoms with Crippen LogP contribution in [-0.2, 0) is 4.74 Å². The first-order chi connectivity index (χ1) is 11.7. The van der Waals surface area contributed by atoms with Crippen molar-refractivity contribution in [2.45, 2.75) is 31.8 Å². The molecule has 1 aliphatic heterocycles. The second-order valence-electron chi connectivity index (χ2n) is 6.22. The molecule has 1 aromatic heterocycles. The van der Waals surface area contributed by atoms with E-state index in [1.165, 1.54) is 5.56 Å². The van der Waals surface area contributed by atoms with Crippen molar-refractivity contribution in [3.8, 4) is 0 Å². The van der Waals surface area contributed by atoms with E-state index in [0.717, 1.165) is 37.4 Å².